The summed E-state index contributed by atoms with van der Waals surface area (Å²) in [5.74, 6) is -1.89. The first-order valence-electron chi connectivity index (χ1n) is 16.1. The summed E-state index contributed by atoms with van der Waals surface area (Å²) in [5, 5.41) is 14.7. The molecule has 3 heterocycles. The van der Waals surface area contributed by atoms with Crippen LogP contribution in [0.25, 0.3) is 0 Å². The van der Waals surface area contributed by atoms with E-state index in [4.69, 9.17) is 9.81 Å². The van der Waals surface area contributed by atoms with E-state index in [0.29, 0.717) is 70.4 Å². The largest absolute Gasteiger partial charge is 0.451 e. The maximum atomic E-state index is 13.9. The summed E-state index contributed by atoms with van der Waals surface area (Å²) in [6, 6.07) is 9.84. The maximum absolute atomic E-state index is 13.9. The second kappa shape index (κ2) is 15.0. The molecule has 3 N–H and O–H groups in total. The SMILES string of the molecule is CN(CCS(=O)(=O)O)c1c(NCCC2CCN(c3cc(N4CCC4C(=O)NCCc4ccc(C#N)cc4)nc(C(F)(F)F)n3)CC2)c(=O)c1=O. The van der Waals surface area contributed by atoms with Gasteiger partial charge in [0, 0.05) is 52.4 Å². The minimum Gasteiger partial charge on any atom is -0.380 e. The number of hydrogen-bond donors (Lipinski definition) is 3. The number of rotatable bonds is 14. The molecular formula is C32H37F3N8O6S. The van der Waals surface area contributed by atoms with Gasteiger partial charge in [-0.3, -0.25) is 18.9 Å². The van der Waals surface area contributed by atoms with Gasteiger partial charge in [-0.2, -0.15) is 26.9 Å². The molecule has 14 nitrogen and oxygen atoms in total. The zero-order valence-electron chi connectivity index (χ0n) is 27.2. The van der Waals surface area contributed by atoms with Gasteiger partial charge < -0.3 is 25.3 Å². The molecule has 2 aliphatic rings. The van der Waals surface area contributed by atoms with Crippen molar-refractivity contribution in [3.05, 3.63) is 67.7 Å². The van der Waals surface area contributed by atoms with Crippen LogP contribution in [0.4, 0.5) is 36.2 Å². The number of nitriles is 1. The standard InChI is InChI=1S/C32H37F3N8O6S/c1-41(16-17-50(47,48)49)27-26(28(44)29(27)45)37-11-6-21-8-13-42(14-9-21)24-18-25(40-31(39-24)32(33,34)35)43-15-10-23(43)30(46)38-12-7-20-2-4-22(19-36)5-3-20/h2-5,18,21,23,37H,6-17H2,1H3,(H,38,46)(H,47,48,49). The zero-order valence-corrected chi connectivity index (χ0v) is 28.1. The minimum atomic E-state index is -4.80. The van der Waals surface area contributed by atoms with E-state index in [1.54, 1.807) is 34.1 Å². The fourth-order valence-corrected chi connectivity index (χ4v) is 6.61. The van der Waals surface area contributed by atoms with Gasteiger partial charge in [-0.25, -0.2) is 9.97 Å². The van der Waals surface area contributed by atoms with Crippen LogP contribution in [0.5, 0.6) is 0 Å². The lowest BCUT2D eigenvalue weighted by molar-refractivity contribution is -0.144. The number of benzene rings is 1. The first-order valence-corrected chi connectivity index (χ1v) is 17.7. The van der Waals surface area contributed by atoms with Crippen molar-refractivity contribution in [2.75, 3.05) is 72.1 Å². The molecule has 1 unspecified atom stereocenters. The summed E-state index contributed by atoms with van der Waals surface area (Å²) in [6.07, 6.45) is -1.94. The van der Waals surface area contributed by atoms with Crippen LogP contribution >= 0.6 is 0 Å². The Hall–Kier alpha value is -4.76. The molecular weight excluding hydrogens is 681 g/mol. The number of halogens is 3. The van der Waals surface area contributed by atoms with Gasteiger partial charge in [0.15, 0.2) is 0 Å². The van der Waals surface area contributed by atoms with Crippen LogP contribution in [0.2, 0.25) is 0 Å². The molecule has 0 bridgehead atoms. The van der Waals surface area contributed by atoms with Crippen LogP contribution in [-0.4, -0.2) is 87.0 Å². The molecule has 50 heavy (non-hydrogen) atoms. The number of anilines is 4. The first kappa shape index (κ1) is 36.5. The number of carbonyl (C=O) groups excluding carboxylic acids is 1. The molecule has 2 aliphatic heterocycles. The van der Waals surface area contributed by atoms with Crippen LogP contribution in [0.15, 0.2) is 39.9 Å². The lowest BCUT2D eigenvalue weighted by atomic mass is 9.93. The predicted molar refractivity (Wildman–Crippen MR) is 180 cm³/mol. The van der Waals surface area contributed by atoms with Gasteiger partial charge in [-0.15, -0.1) is 0 Å². The minimum absolute atomic E-state index is 0.0255. The number of nitrogens with zero attached hydrogens (tertiary/aromatic N) is 6. The van der Waals surface area contributed by atoms with Gasteiger partial charge >= 0.3 is 6.18 Å². The number of carbonyl (C=O) groups is 1. The van der Waals surface area contributed by atoms with E-state index in [1.807, 2.05) is 6.07 Å². The summed E-state index contributed by atoms with van der Waals surface area (Å²) in [5.41, 5.74) is 0.147. The van der Waals surface area contributed by atoms with Gasteiger partial charge in [-0.1, -0.05) is 12.1 Å². The Balaban J connectivity index is 1.15. The summed E-state index contributed by atoms with van der Waals surface area (Å²) in [4.78, 5) is 49.4. The van der Waals surface area contributed by atoms with Crippen molar-refractivity contribution in [3.63, 3.8) is 0 Å². The van der Waals surface area contributed by atoms with E-state index in [1.165, 1.54) is 18.0 Å². The van der Waals surface area contributed by atoms with E-state index < -0.39 is 44.8 Å². The lowest BCUT2D eigenvalue weighted by Gasteiger charge is -2.41. The average molecular weight is 719 g/mol. The van der Waals surface area contributed by atoms with Crippen LogP contribution in [0.3, 0.4) is 0 Å². The average Bonchev–Trinajstić information content (AvgIpc) is 3.06. The maximum Gasteiger partial charge on any atom is 0.451 e. The second-order valence-electron chi connectivity index (χ2n) is 12.5. The third kappa shape index (κ3) is 8.69. The summed E-state index contributed by atoms with van der Waals surface area (Å²) >= 11 is 0. The molecule has 268 valence electrons. The monoisotopic (exact) mass is 718 g/mol. The van der Waals surface area contributed by atoms with E-state index in [2.05, 4.69) is 20.6 Å². The van der Waals surface area contributed by atoms with Gasteiger partial charge in [0.25, 0.3) is 21.0 Å². The molecule has 0 radical (unpaired) electrons. The van der Waals surface area contributed by atoms with Gasteiger partial charge in [0.2, 0.25) is 11.7 Å². The number of aromatic nitrogens is 2. The van der Waals surface area contributed by atoms with Crippen LogP contribution < -0.4 is 36.2 Å². The quantitative estimate of drug-likeness (QED) is 0.162. The van der Waals surface area contributed by atoms with Crippen molar-refractivity contribution < 1.29 is 30.9 Å². The highest BCUT2D eigenvalue weighted by atomic mass is 32.2. The van der Waals surface area contributed by atoms with E-state index in [-0.39, 0.29) is 41.4 Å². The highest BCUT2D eigenvalue weighted by molar-refractivity contribution is 7.85. The molecule has 18 heteroatoms. The van der Waals surface area contributed by atoms with E-state index >= 15 is 0 Å². The number of hydrogen-bond acceptors (Lipinski definition) is 12. The Morgan fingerprint density at radius 2 is 1.74 bits per heavy atom. The van der Waals surface area contributed by atoms with Crippen molar-refractivity contribution in [1.29, 1.82) is 5.26 Å². The topological polar surface area (TPSA) is 189 Å². The molecule has 1 amide bonds. The number of alkyl halides is 3. The Bertz CT molecular complexity index is 1920. The van der Waals surface area contributed by atoms with Crippen molar-refractivity contribution in [2.24, 2.45) is 5.92 Å². The van der Waals surface area contributed by atoms with Crippen LogP contribution in [-0.2, 0) is 27.5 Å². The van der Waals surface area contributed by atoms with E-state index in [0.717, 1.165) is 5.56 Å². The third-order valence-electron chi connectivity index (χ3n) is 9.11. The Morgan fingerprint density at radius 1 is 1.06 bits per heavy atom. The summed E-state index contributed by atoms with van der Waals surface area (Å²) in [7, 11) is -2.80. The van der Waals surface area contributed by atoms with Crippen LogP contribution in [0.1, 0.15) is 42.6 Å². The highest BCUT2D eigenvalue weighted by Gasteiger charge is 2.40. The molecule has 2 saturated heterocycles. The van der Waals surface area contributed by atoms with Gasteiger partial charge in [-0.05, 0) is 55.7 Å². The zero-order chi connectivity index (χ0) is 36.2. The molecule has 1 atom stereocenters. The molecule has 3 aromatic rings. The molecule has 0 saturated carbocycles. The number of amides is 1. The van der Waals surface area contributed by atoms with Crippen LogP contribution in [0, 0.1) is 17.2 Å². The Labute approximate surface area is 286 Å². The highest BCUT2D eigenvalue weighted by Crippen LogP contribution is 2.34. The van der Waals surface area contributed by atoms with Crippen molar-refractivity contribution >= 4 is 39.0 Å². The number of nitrogens with one attached hydrogen (secondary N) is 2. The van der Waals surface area contributed by atoms with E-state index in [9.17, 15) is 36.0 Å². The van der Waals surface area contributed by atoms with Gasteiger partial charge in [0.1, 0.15) is 29.1 Å². The smallest absolute Gasteiger partial charge is 0.380 e. The fourth-order valence-electron chi connectivity index (χ4n) is 6.11. The van der Waals surface area contributed by atoms with Crippen molar-refractivity contribution in [1.82, 2.24) is 15.3 Å². The van der Waals surface area contributed by atoms with Gasteiger partial charge in [0.05, 0.1) is 17.4 Å². The number of piperidine rings is 1. The Kier molecular flexibility index (Phi) is 11.0. The molecule has 5 rings (SSSR count). The normalized spacial score (nSPS) is 16.9. The van der Waals surface area contributed by atoms with Crippen molar-refractivity contribution in [3.8, 4) is 6.07 Å². The lowest BCUT2D eigenvalue weighted by Crippen LogP contribution is -2.57. The molecule has 0 aliphatic carbocycles. The second-order valence-corrected chi connectivity index (χ2v) is 14.1. The molecule has 2 fully saturated rings. The Morgan fingerprint density at radius 3 is 2.34 bits per heavy atom. The third-order valence-corrected chi connectivity index (χ3v) is 9.81. The fraction of sp³-hybridized carbons (Fsp3) is 0.500. The molecule has 0 spiro atoms. The molecule has 2 aromatic carbocycles. The summed E-state index contributed by atoms with van der Waals surface area (Å²) < 4.78 is 72.8. The summed E-state index contributed by atoms with van der Waals surface area (Å²) in [6.45, 7) is 1.69. The van der Waals surface area contributed by atoms with Crippen molar-refractivity contribution in [2.45, 2.75) is 44.3 Å². The molecule has 1 aromatic heterocycles. The predicted octanol–water partition coefficient (Wildman–Crippen LogP) is 1.94. The first-order chi connectivity index (χ1) is 23.6.